The zero-order valence-corrected chi connectivity index (χ0v) is 21.2. The van der Waals surface area contributed by atoms with Crippen molar-refractivity contribution in [2.75, 3.05) is 6.61 Å². The van der Waals surface area contributed by atoms with Crippen molar-refractivity contribution < 1.29 is 9.63 Å². The molecule has 4 rings (SSSR count). The van der Waals surface area contributed by atoms with Gasteiger partial charge in [-0.3, -0.25) is 0 Å². The highest BCUT2D eigenvalue weighted by molar-refractivity contribution is 14.2. The molecule has 3 saturated carbocycles. The Labute approximate surface area is 187 Å². The average molecular weight is 518 g/mol. The highest BCUT2D eigenvalue weighted by Gasteiger charge is 2.59. The molecule has 4 aliphatic carbocycles. The highest BCUT2D eigenvalue weighted by Crippen LogP contribution is 2.67. The number of hydrogen-bond donors (Lipinski definition) is 1. The largest absolute Gasteiger partial charge is 0.396 e. The van der Waals surface area contributed by atoms with Gasteiger partial charge in [-0.1, -0.05) is 32.4 Å². The Morgan fingerprint density at radius 3 is 2.79 bits per heavy atom. The van der Waals surface area contributed by atoms with Gasteiger partial charge in [0.15, 0.2) is 0 Å². The van der Waals surface area contributed by atoms with Gasteiger partial charge in [0.05, 0.1) is 12.6 Å². The van der Waals surface area contributed by atoms with Crippen molar-refractivity contribution in [2.45, 2.75) is 91.1 Å². The van der Waals surface area contributed by atoms with Gasteiger partial charge >= 0.3 is 0 Å². The molecule has 3 fully saturated rings. The molecule has 1 N–H and O–H groups in total. The first-order valence-corrected chi connectivity index (χ1v) is 15.8. The quantitative estimate of drug-likeness (QED) is 0.227. The molecule has 0 radical (unpaired) electrons. The Bertz CT molecular complexity index is 595. The van der Waals surface area contributed by atoms with E-state index in [4.69, 9.17) is 4.52 Å². The maximum Gasteiger partial charge on any atom is 0.0797 e. The van der Waals surface area contributed by atoms with Gasteiger partial charge in [0.1, 0.15) is 0 Å². The third-order valence-electron chi connectivity index (χ3n) is 9.85. The molecule has 9 atom stereocenters. The van der Waals surface area contributed by atoms with E-state index in [1.54, 1.807) is 5.57 Å². The minimum absolute atomic E-state index is 0.358. The fourth-order valence-electron chi connectivity index (χ4n) is 8.38. The molecule has 0 spiro atoms. The second kappa shape index (κ2) is 8.75. The first-order valence-electron chi connectivity index (χ1n) is 11.8. The van der Waals surface area contributed by atoms with Crippen LogP contribution in [-0.2, 0) is 4.52 Å². The smallest absolute Gasteiger partial charge is 0.0797 e. The summed E-state index contributed by atoms with van der Waals surface area (Å²) in [6, 6.07) is 0. The zero-order valence-electron chi connectivity index (χ0n) is 18.1. The monoisotopic (exact) mass is 518 g/mol. The van der Waals surface area contributed by atoms with Crippen molar-refractivity contribution >= 4 is 28.5 Å². The van der Waals surface area contributed by atoms with E-state index in [0.29, 0.717) is 30.0 Å². The minimum Gasteiger partial charge on any atom is -0.396 e. The second-order valence-corrected chi connectivity index (χ2v) is 12.6. The lowest BCUT2D eigenvalue weighted by molar-refractivity contribution is -0.0554. The standard InChI is InChI=1S/C24H40IO2P/c1-16(5-4-14-26)20-8-9-21-19-7-6-17-15-18(27-28-25)10-12-23(17,2)22(19)11-13-24(20,21)3/h6,16,18-22,26,28H,4-5,7-15H2,1-3H3/t16-,18+,19+,20-,21+,22+,23+,24-/m1/s1. The Morgan fingerprint density at radius 2 is 2.04 bits per heavy atom. The molecule has 0 aliphatic heterocycles. The van der Waals surface area contributed by atoms with Crippen LogP contribution in [0.15, 0.2) is 11.6 Å². The normalized spacial score (nSPS) is 46.8. The Balaban J connectivity index is 1.52. The summed E-state index contributed by atoms with van der Waals surface area (Å²) in [6.45, 7) is 8.68. The number of fused-ring (bicyclic) bond motifs is 5. The highest BCUT2D eigenvalue weighted by atomic mass is 127. The molecular weight excluding hydrogens is 478 g/mol. The summed E-state index contributed by atoms with van der Waals surface area (Å²) in [4.78, 5) is 0. The van der Waals surface area contributed by atoms with Gasteiger partial charge in [-0.2, -0.15) is 0 Å². The summed E-state index contributed by atoms with van der Waals surface area (Å²) in [6.07, 6.45) is 16.2. The van der Waals surface area contributed by atoms with Crippen LogP contribution >= 0.6 is 28.5 Å². The Hall–Kier alpha value is 0.820. The van der Waals surface area contributed by atoms with Crippen molar-refractivity contribution in [1.82, 2.24) is 0 Å². The molecule has 0 aromatic carbocycles. The van der Waals surface area contributed by atoms with Crippen LogP contribution in [0.3, 0.4) is 0 Å². The molecule has 0 saturated heterocycles. The number of aliphatic hydroxyl groups is 1. The van der Waals surface area contributed by atoms with Gasteiger partial charge in [-0.25, -0.2) is 0 Å². The van der Waals surface area contributed by atoms with Crippen LogP contribution in [0.5, 0.6) is 0 Å². The molecule has 4 aliphatic rings. The van der Waals surface area contributed by atoms with E-state index < -0.39 is 0 Å². The van der Waals surface area contributed by atoms with Crippen LogP contribution in [-0.4, -0.2) is 17.8 Å². The molecule has 28 heavy (non-hydrogen) atoms. The summed E-state index contributed by atoms with van der Waals surface area (Å²) in [5.41, 5.74) is 2.73. The van der Waals surface area contributed by atoms with Crippen LogP contribution in [0.4, 0.5) is 0 Å². The molecule has 2 nitrogen and oxygen atoms in total. The lowest BCUT2D eigenvalue weighted by atomic mass is 9.47. The van der Waals surface area contributed by atoms with E-state index in [0.717, 1.165) is 36.0 Å². The van der Waals surface area contributed by atoms with Gasteiger partial charge < -0.3 is 9.63 Å². The molecule has 0 aromatic rings. The molecule has 4 heteroatoms. The number of allylic oxidation sites excluding steroid dienone is 1. The van der Waals surface area contributed by atoms with E-state index in [9.17, 15) is 5.11 Å². The molecule has 0 aromatic heterocycles. The van der Waals surface area contributed by atoms with E-state index >= 15 is 0 Å². The van der Waals surface area contributed by atoms with Crippen LogP contribution in [0.25, 0.3) is 0 Å². The van der Waals surface area contributed by atoms with Crippen LogP contribution in [0.1, 0.15) is 85.0 Å². The SMILES string of the molecule is C[C@H](CCCO)[C@H]1CC[C@H]2[C@@H]3CC=C4C[C@@H](OPI)CC[C@]4(C)[C@H]3CC[C@]12C. The Kier molecular flexibility index (Phi) is 6.89. The van der Waals surface area contributed by atoms with Crippen LogP contribution in [0.2, 0.25) is 0 Å². The number of rotatable bonds is 6. The zero-order chi connectivity index (χ0) is 19.9. The van der Waals surface area contributed by atoms with Gasteiger partial charge in [0, 0.05) is 6.61 Å². The fraction of sp³-hybridized carbons (Fsp3) is 0.917. The van der Waals surface area contributed by atoms with Crippen molar-refractivity contribution in [2.24, 2.45) is 40.4 Å². The number of hydrogen-bond acceptors (Lipinski definition) is 2. The third kappa shape index (κ3) is 3.67. The van der Waals surface area contributed by atoms with Crippen molar-refractivity contribution in [3.63, 3.8) is 0 Å². The predicted octanol–water partition coefficient (Wildman–Crippen LogP) is 7.30. The van der Waals surface area contributed by atoms with E-state index in [-0.39, 0.29) is 0 Å². The van der Waals surface area contributed by atoms with Gasteiger partial charge in [-0.05, 0) is 127 Å². The van der Waals surface area contributed by atoms with Crippen molar-refractivity contribution in [1.29, 1.82) is 0 Å². The molecule has 160 valence electrons. The van der Waals surface area contributed by atoms with Crippen molar-refractivity contribution in [3.8, 4) is 0 Å². The Morgan fingerprint density at radius 1 is 1.21 bits per heavy atom. The predicted molar refractivity (Wildman–Crippen MR) is 128 cm³/mol. The first-order chi connectivity index (χ1) is 13.4. The number of aliphatic hydroxyl groups excluding tert-OH is 1. The topological polar surface area (TPSA) is 29.5 Å². The summed E-state index contributed by atoms with van der Waals surface area (Å²) >= 11 is 2.38. The number of halogens is 1. The summed E-state index contributed by atoms with van der Waals surface area (Å²) in [5, 5.41) is 9.28. The first kappa shape index (κ1) is 22.0. The lowest BCUT2D eigenvalue weighted by Crippen LogP contribution is -2.50. The molecule has 0 heterocycles. The van der Waals surface area contributed by atoms with Crippen LogP contribution in [0, 0.1) is 40.4 Å². The van der Waals surface area contributed by atoms with E-state index in [2.05, 4.69) is 48.9 Å². The van der Waals surface area contributed by atoms with Crippen LogP contribution < -0.4 is 0 Å². The molecule has 0 bridgehead atoms. The van der Waals surface area contributed by atoms with Crippen molar-refractivity contribution in [3.05, 3.63) is 11.6 Å². The third-order valence-corrected chi connectivity index (χ3v) is 11.0. The van der Waals surface area contributed by atoms with Gasteiger partial charge in [-0.15, -0.1) is 0 Å². The maximum absolute atomic E-state index is 9.28. The minimum atomic E-state index is 0.358. The molecule has 0 amide bonds. The molecule has 1 unspecified atom stereocenters. The summed E-state index contributed by atoms with van der Waals surface area (Å²) in [5.74, 6) is 4.38. The maximum atomic E-state index is 9.28. The van der Waals surface area contributed by atoms with E-state index in [1.165, 1.54) is 57.8 Å². The van der Waals surface area contributed by atoms with Gasteiger partial charge in [0.25, 0.3) is 0 Å². The van der Waals surface area contributed by atoms with Gasteiger partial charge in [0.2, 0.25) is 0 Å². The second-order valence-electron chi connectivity index (χ2n) is 10.9. The average Bonchev–Trinajstić information content (AvgIpc) is 3.04. The molecular formula is C24H40IO2P. The lowest BCUT2D eigenvalue weighted by Gasteiger charge is -2.58. The van der Waals surface area contributed by atoms with E-state index in [1.807, 2.05) is 0 Å². The fourth-order valence-corrected chi connectivity index (χ4v) is 9.79. The summed E-state index contributed by atoms with van der Waals surface area (Å²) < 4.78 is 6.03. The summed E-state index contributed by atoms with van der Waals surface area (Å²) in [7, 11) is 0.